The van der Waals surface area contributed by atoms with Crippen LogP contribution < -0.4 is 5.32 Å². The standard InChI is InChI=1S/C17H16N2O5/c1-11-3-8-15(12(2)9-11)17(21)24-10-16(20)18-13-4-6-14(7-5-13)19(22)23/h3-9H,10H2,1-2H3,(H,18,20). The van der Waals surface area contributed by atoms with Crippen LogP contribution in [0.15, 0.2) is 42.5 Å². The maximum atomic E-state index is 12.0. The number of ether oxygens (including phenoxy) is 1. The minimum atomic E-state index is -0.577. The number of hydrogen-bond acceptors (Lipinski definition) is 5. The predicted molar refractivity (Wildman–Crippen MR) is 87.9 cm³/mol. The van der Waals surface area contributed by atoms with Gasteiger partial charge in [0.25, 0.3) is 11.6 Å². The number of carbonyl (C=O) groups is 2. The molecule has 0 fully saturated rings. The number of nitrogens with zero attached hydrogens (tertiary/aromatic N) is 1. The van der Waals surface area contributed by atoms with Crippen molar-refractivity contribution in [3.8, 4) is 0 Å². The van der Waals surface area contributed by atoms with Crippen molar-refractivity contribution in [2.75, 3.05) is 11.9 Å². The Morgan fingerprint density at radius 1 is 1.12 bits per heavy atom. The summed E-state index contributed by atoms with van der Waals surface area (Å²) in [5.74, 6) is -1.10. The second-order valence-corrected chi connectivity index (χ2v) is 5.25. The number of rotatable bonds is 5. The normalized spacial score (nSPS) is 10.1. The largest absolute Gasteiger partial charge is 0.452 e. The number of amides is 1. The Balaban J connectivity index is 1.90. The predicted octanol–water partition coefficient (Wildman–Crippen LogP) is 3.01. The molecule has 2 aromatic rings. The van der Waals surface area contributed by atoms with Crippen molar-refractivity contribution in [1.82, 2.24) is 0 Å². The molecular weight excluding hydrogens is 312 g/mol. The molecule has 0 unspecified atom stereocenters. The summed E-state index contributed by atoms with van der Waals surface area (Å²) in [6, 6.07) is 10.7. The molecule has 1 amide bonds. The molecule has 2 aromatic carbocycles. The van der Waals surface area contributed by atoms with Crippen molar-refractivity contribution in [3.63, 3.8) is 0 Å². The van der Waals surface area contributed by atoms with Crippen LogP contribution in [0.1, 0.15) is 21.5 Å². The van der Waals surface area contributed by atoms with Crippen LogP contribution in [0.4, 0.5) is 11.4 Å². The maximum Gasteiger partial charge on any atom is 0.338 e. The third-order valence-electron chi connectivity index (χ3n) is 3.30. The number of nitro benzene ring substituents is 1. The molecule has 0 aromatic heterocycles. The Kier molecular flexibility index (Phi) is 5.26. The Hall–Kier alpha value is -3.22. The molecule has 0 aliphatic carbocycles. The lowest BCUT2D eigenvalue weighted by molar-refractivity contribution is -0.384. The van der Waals surface area contributed by atoms with Gasteiger partial charge in [-0.15, -0.1) is 0 Å². The van der Waals surface area contributed by atoms with Crippen molar-refractivity contribution in [2.45, 2.75) is 13.8 Å². The second-order valence-electron chi connectivity index (χ2n) is 5.25. The van der Waals surface area contributed by atoms with Gasteiger partial charge >= 0.3 is 5.97 Å². The summed E-state index contributed by atoms with van der Waals surface area (Å²) < 4.78 is 4.99. The number of nitro groups is 1. The number of nitrogens with one attached hydrogen (secondary N) is 1. The molecule has 7 nitrogen and oxygen atoms in total. The first-order valence-electron chi connectivity index (χ1n) is 7.15. The summed E-state index contributed by atoms with van der Waals surface area (Å²) in [5.41, 5.74) is 2.52. The zero-order valence-corrected chi connectivity index (χ0v) is 13.2. The average Bonchev–Trinajstić information content (AvgIpc) is 2.53. The lowest BCUT2D eigenvalue weighted by Gasteiger charge is -2.08. The van der Waals surface area contributed by atoms with E-state index in [1.807, 2.05) is 13.0 Å². The molecule has 0 saturated heterocycles. The monoisotopic (exact) mass is 328 g/mol. The van der Waals surface area contributed by atoms with Crippen molar-refractivity contribution in [2.24, 2.45) is 0 Å². The number of anilines is 1. The summed E-state index contributed by atoms with van der Waals surface area (Å²) in [7, 11) is 0. The average molecular weight is 328 g/mol. The molecule has 2 rings (SSSR count). The first-order chi connectivity index (χ1) is 11.4. The van der Waals surface area contributed by atoms with E-state index in [2.05, 4.69) is 5.32 Å². The van der Waals surface area contributed by atoms with Gasteiger partial charge < -0.3 is 10.1 Å². The van der Waals surface area contributed by atoms with E-state index >= 15 is 0 Å². The van der Waals surface area contributed by atoms with Gasteiger partial charge in [-0.25, -0.2) is 4.79 Å². The molecule has 24 heavy (non-hydrogen) atoms. The lowest BCUT2D eigenvalue weighted by Crippen LogP contribution is -2.21. The van der Waals surface area contributed by atoms with Crippen LogP contribution in [0.25, 0.3) is 0 Å². The minimum absolute atomic E-state index is 0.0747. The van der Waals surface area contributed by atoms with Gasteiger partial charge in [-0.1, -0.05) is 17.7 Å². The fourth-order valence-electron chi connectivity index (χ4n) is 2.12. The van der Waals surface area contributed by atoms with E-state index in [0.29, 0.717) is 11.3 Å². The zero-order valence-electron chi connectivity index (χ0n) is 13.2. The van der Waals surface area contributed by atoms with Gasteiger partial charge in [0.05, 0.1) is 10.5 Å². The second kappa shape index (κ2) is 7.36. The molecule has 0 saturated carbocycles. The molecule has 0 aliphatic rings. The number of aryl methyl sites for hydroxylation is 2. The minimum Gasteiger partial charge on any atom is -0.452 e. The first kappa shape index (κ1) is 17.1. The molecular formula is C17H16N2O5. The number of benzene rings is 2. The highest BCUT2D eigenvalue weighted by Gasteiger charge is 2.13. The van der Waals surface area contributed by atoms with Gasteiger partial charge in [-0.2, -0.15) is 0 Å². The molecule has 0 heterocycles. The van der Waals surface area contributed by atoms with Gasteiger partial charge in [0, 0.05) is 17.8 Å². The fraction of sp³-hybridized carbons (Fsp3) is 0.176. The van der Waals surface area contributed by atoms with Crippen LogP contribution in [-0.2, 0) is 9.53 Å². The zero-order chi connectivity index (χ0) is 17.7. The van der Waals surface area contributed by atoms with Crippen molar-refractivity contribution < 1.29 is 19.2 Å². The number of esters is 1. The highest BCUT2D eigenvalue weighted by Crippen LogP contribution is 2.15. The van der Waals surface area contributed by atoms with Gasteiger partial charge in [-0.05, 0) is 37.6 Å². The highest BCUT2D eigenvalue weighted by molar-refractivity contribution is 5.96. The van der Waals surface area contributed by atoms with Crippen LogP contribution in [-0.4, -0.2) is 23.4 Å². The van der Waals surface area contributed by atoms with Crippen LogP contribution in [0.5, 0.6) is 0 Å². The highest BCUT2D eigenvalue weighted by atomic mass is 16.6. The first-order valence-corrected chi connectivity index (χ1v) is 7.15. The van der Waals surface area contributed by atoms with Gasteiger partial charge in [-0.3, -0.25) is 14.9 Å². The van der Waals surface area contributed by atoms with Crippen molar-refractivity contribution in [1.29, 1.82) is 0 Å². The smallest absolute Gasteiger partial charge is 0.338 e. The third kappa shape index (κ3) is 4.39. The maximum absolute atomic E-state index is 12.0. The van der Waals surface area contributed by atoms with E-state index in [1.165, 1.54) is 24.3 Å². The van der Waals surface area contributed by atoms with Gasteiger partial charge in [0.2, 0.25) is 0 Å². The van der Waals surface area contributed by atoms with E-state index in [0.717, 1.165) is 11.1 Å². The Labute approximate surface area is 138 Å². The third-order valence-corrected chi connectivity index (χ3v) is 3.30. The molecule has 0 atom stereocenters. The number of non-ortho nitro benzene ring substituents is 1. The molecule has 124 valence electrons. The van der Waals surface area contributed by atoms with Crippen molar-refractivity contribution >= 4 is 23.3 Å². The van der Waals surface area contributed by atoms with E-state index in [9.17, 15) is 19.7 Å². The van der Waals surface area contributed by atoms with Gasteiger partial charge in [0.1, 0.15) is 0 Å². The number of carbonyl (C=O) groups excluding carboxylic acids is 2. The summed E-state index contributed by atoms with van der Waals surface area (Å²) in [4.78, 5) is 33.8. The fourth-order valence-corrected chi connectivity index (χ4v) is 2.12. The topological polar surface area (TPSA) is 98.5 Å². The van der Waals surface area contributed by atoms with Crippen LogP contribution in [0, 0.1) is 24.0 Å². The molecule has 1 N–H and O–H groups in total. The quantitative estimate of drug-likeness (QED) is 0.517. The van der Waals surface area contributed by atoms with Gasteiger partial charge in [0.15, 0.2) is 6.61 Å². The van der Waals surface area contributed by atoms with E-state index in [-0.39, 0.29) is 5.69 Å². The molecule has 0 spiro atoms. The Morgan fingerprint density at radius 3 is 2.38 bits per heavy atom. The summed E-state index contributed by atoms with van der Waals surface area (Å²) in [6.07, 6.45) is 0. The SMILES string of the molecule is Cc1ccc(C(=O)OCC(=O)Nc2ccc([N+](=O)[O-])cc2)c(C)c1. The summed E-state index contributed by atoms with van der Waals surface area (Å²) in [6.45, 7) is 3.27. The van der Waals surface area contributed by atoms with E-state index in [4.69, 9.17) is 4.74 Å². The van der Waals surface area contributed by atoms with Crippen molar-refractivity contribution in [3.05, 3.63) is 69.3 Å². The lowest BCUT2D eigenvalue weighted by atomic mass is 10.1. The summed E-state index contributed by atoms with van der Waals surface area (Å²) >= 11 is 0. The van der Waals surface area contributed by atoms with Crippen LogP contribution >= 0.6 is 0 Å². The van der Waals surface area contributed by atoms with Crippen LogP contribution in [0.2, 0.25) is 0 Å². The van der Waals surface area contributed by atoms with Crippen LogP contribution in [0.3, 0.4) is 0 Å². The molecule has 0 aliphatic heterocycles. The summed E-state index contributed by atoms with van der Waals surface area (Å²) in [5, 5.41) is 13.1. The molecule has 7 heteroatoms. The Morgan fingerprint density at radius 2 is 1.79 bits per heavy atom. The number of hydrogen-bond donors (Lipinski definition) is 1. The van der Waals surface area contributed by atoms with E-state index in [1.54, 1.807) is 19.1 Å². The van der Waals surface area contributed by atoms with E-state index < -0.39 is 23.4 Å². The Bertz CT molecular complexity index is 784. The molecule has 0 radical (unpaired) electrons. The molecule has 0 bridgehead atoms.